The molecule has 3 aromatic heterocycles. The van der Waals surface area contributed by atoms with Crippen LogP contribution in [0.5, 0.6) is 5.75 Å². The van der Waals surface area contributed by atoms with E-state index >= 15 is 0 Å². The molecule has 0 atom stereocenters. The third-order valence-corrected chi connectivity index (χ3v) is 6.24. The molecule has 0 fully saturated rings. The highest BCUT2D eigenvalue weighted by Crippen LogP contribution is 2.34. The maximum absolute atomic E-state index is 13.1. The number of rotatable bonds is 8. The first kappa shape index (κ1) is 24.3. The molecule has 4 aromatic rings. The number of amides is 1. The molecule has 37 heavy (non-hydrogen) atoms. The third-order valence-electron chi connectivity index (χ3n) is 6.24. The fourth-order valence-corrected chi connectivity index (χ4v) is 4.54. The van der Waals surface area contributed by atoms with Crippen LogP contribution < -0.4 is 15.4 Å². The van der Waals surface area contributed by atoms with E-state index < -0.39 is 5.97 Å². The molecule has 1 aliphatic heterocycles. The van der Waals surface area contributed by atoms with Gasteiger partial charge in [-0.15, -0.1) is 0 Å². The summed E-state index contributed by atoms with van der Waals surface area (Å²) >= 11 is 0. The number of pyridine rings is 2. The standard InChI is InChI=1S/C28H29N5O4/c1-17(2)16-33-25(28(35)36-3)24(32-27(34)20-5-4-9-29-14-20)22-12-21(15-31-26(22)33)30-13-18-6-7-23-19(11-18)8-10-37-23/h4-7,9,11-12,14-15,17,30H,8,10,13,16H2,1-3H3,(H,32,34). The first-order valence-electron chi connectivity index (χ1n) is 12.2. The van der Waals surface area contributed by atoms with E-state index in [2.05, 4.69) is 35.5 Å². The number of hydrogen-bond acceptors (Lipinski definition) is 7. The number of nitrogens with zero attached hydrogens (tertiary/aromatic N) is 3. The van der Waals surface area contributed by atoms with Crippen molar-refractivity contribution in [1.82, 2.24) is 14.5 Å². The van der Waals surface area contributed by atoms with Crippen LogP contribution in [0.25, 0.3) is 11.0 Å². The number of carbonyl (C=O) groups excluding carboxylic acids is 2. The summed E-state index contributed by atoms with van der Waals surface area (Å²) < 4.78 is 12.5. The largest absolute Gasteiger partial charge is 0.493 e. The van der Waals surface area contributed by atoms with E-state index in [1.165, 1.54) is 18.9 Å². The van der Waals surface area contributed by atoms with Crippen molar-refractivity contribution in [3.63, 3.8) is 0 Å². The first-order chi connectivity index (χ1) is 17.9. The number of esters is 1. The minimum absolute atomic E-state index is 0.226. The molecule has 1 aromatic carbocycles. The molecule has 1 amide bonds. The highest BCUT2D eigenvalue weighted by Gasteiger charge is 2.27. The molecule has 0 unspecified atom stereocenters. The number of fused-ring (bicyclic) bond motifs is 2. The molecule has 4 heterocycles. The summed E-state index contributed by atoms with van der Waals surface area (Å²) in [6.45, 7) is 5.95. The van der Waals surface area contributed by atoms with E-state index in [4.69, 9.17) is 14.5 Å². The molecule has 9 heteroatoms. The van der Waals surface area contributed by atoms with Gasteiger partial charge in [0.25, 0.3) is 5.91 Å². The molecule has 0 aliphatic carbocycles. The third kappa shape index (κ3) is 4.97. The lowest BCUT2D eigenvalue weighted by Crippen LogP contribution is -2.18. The Kier molecular flexibility index (Phi) is 6.76. The first-order valence-corrected chi connectivity index (χ1v) is 12.2. The summed E-state index contributed by atoms with van der Waals surface area (Å²) in [5.74, 6) is 0.252. The quantitative estimate of drug-likeness (QED) is 0.339. The van der Waals surface area contributed by atoms with Crippen LogP contribution in [0, 0.1) is 5.92 Å². The Morgan fingerprint density at radius 3 is 2.81 bits per heavy atom. The van der Waals surface area contributed by atoms with Gasteiger partial charge in [0.15, 0.2) is 5.69 Å². The van der Waals surface area contributed by atoms with Crippen molar-refractivity contribution in [2.75, 3.05) is 24.4 Å². The summed E-state index contributed by atoms with van der Waals surface area (Å²) in [4.78, 5) is 34.8. The van der Waals surface area contributed by atoms with Crippen LogP contribution in [0.15, 0.2) is 55.0 Å². The number of anilines is 2. The van der Waals surface area contributed by atoms with Gasteiger partial charge >= 0.3 is 5.97 Å². The summed E-state index contributed by atoms with van der Waals surface area (Å²) in [6.07, 6.45) is 5.73. The predicted octanol–water partition coefficient (Wildman–Crippen LogP) is 4.67. The molecule has 9 nitrogen and oxygen atoms in total. The van der Waals surface area contributed by atoms with Crippen molar-refractivity contribution >= 4 is 34.3 Å². The van der Waals surface area contributed by atoms with E-state index in [0.717, 1.165) is 30.0 Å². The second-order valence-electron chi connectivity index (χ2n) is 9.40. The smallest absolute Gasteiger partial charge is 0.356 e. The van der Waals surface area contributed by atoms with E-state index in [0.29, 0.717) is 35.4 Å². The molecule has 0 bridgehead atoms. The second kappa shape index (κ2) is 10.3. The van der Waals surface area contributed by atoms with Crippen LogP contribution >= 0.6 is 0 Å². The van der Waals surface area contributed by atoms with Gasteiger partial charge in [-0.2, -0.15) is 0 Å². The number of hydrogen-bond donors (Lipinski definition) is 2. The van der Waals surface area contributed by atoms with E-state index in [9.17, 15) is 9.59 Å². The van der Waals surface area contributed by atoms with Gasteiger partial charge in [-0.3, -0.25) is 9.78 Å². The number of methoxy groups -OCH3 is 1. The number of nitrogens with one attached hydrogen (secondary N) is 2. The van der Waals surface area contributed by atoms with Gasteiger partial charge in [0.05, 0.1) is 36.9 Å². The molecule has 2 N–H and O–H groups in total. The van der Waals surface area contributed by atoms with Crippen molar-refractivity contribution in [3.05, 3.63) is 77.4 Å². The van der Waals surface area contributed by atoms with Crippen LogP contribution in [0.3, 0.4) is 0 Å². The topological polar surface area (TPSA) is 107 Å². The molecule has 190 valence electrons. The molecular weight excluding hydrogens is 470 g/mol. The Hall–Kier alpha value is -4.40. The summed E-state index contributed by atoms with van der Waals surface area (Å²) in [7, 11) is 1.33. The van der Waals surface area contributed by atoms with E-state index in [-0.39, 0.29) is 17.5 Å². The van der Waals surface area contributed by atoms with Crippen molar-refractivity contribution in [3.8, 4) is 5.75 Å². The molecule has 0 radical (unpaired) electrons. The lowest BCUT2D eigenvalue weighted by atomic mass is 10.1. The van der Waals surface area contributed by atoms with Crippen molar-refractivity contribution in [2.24, 2.45) is 5.92 Å². The number of aromatic nitrogens is 3. The summed E-state index contributed by atoms with van der Waals surface area (Å²) in [5, 5.41) is 6.99. The lowest BCUT2D eigenvalue weighted by molar-refractivity contribution is 0.0589. The summed E-state index contributed by atoms with van der Waals surface area (Å²) in [6, 6.07) is 11.4. The van der Waals surface area contributed by atoms with Gasteiger partial charge in [0, 0.05) is 37.3 Å². The van der Waals surface area contributed by atoms with Crippen molar-refractivity contribution in [2.45, 2.75) is 33.4 Å². The van der Waals surface area contributed by atoms with Crippen LogP contribution in [0.1, 0.15) is 45.8 Å². The maximum Gasteiger partial charge on any atom is 0.356 e. The van der Waals surface area contributed by atoms with Crippen LogP contribution in [-0.4, -0.2) is 40.1 Å². The Labute approximate surface area is 214 Å². The fraction of sp³-hybridized carbons (Fsp3) is 0.286. The van der Waals surface area contributed by atoms with Gasteiger partial charge in [-0.25, -0.2) is 9.78 Å². The average molecular weight is 500 g/mol. The normalized spacial score (nSPS) is 12.3. The number of benzene rings is 1. The minimum atomic E-state index is -0.546. The molecule has 0 spiro atoms. The van der Waals surface area contributed by atoms with E-state index in [1.807, 2.05) is 22.8 Å². The Bertz CT molecular complexity index is 1460. The predicted molar refractivity (Wildman–Crippen MR) is 141 cm³/mol. The van der Waals surface area contributed by atoms with Crippen molar-refractivity contribution < 1.29 is 19.1 Å². The van der Waals surface area contributed by atoms with Crippen LogP contribution in [-0.2, 0) is 24.2 Å². The summed E-state index contributed by atoms with van der Waals surface area (Å²) in [5.41, 5.74) is 4.69. The zero-order chi connectivity index (χ0) is 25.9. The van der Waals surface area contributed by atoms with Gasteiger partial charge in [-0.1, -0.05) is 26.0 Å². The van der Waals surface area contributed by atoms with E-state index in [1.54, 1.807) is 24.5 Å². The van der Waals surface area contributed by atoms with Gasteiger partial charge < -0.3 is 24.7 Å². The SMILES string of the molecule is COC(=O)c1c(NC(=O)c2cccnc2)c2cc(NCc3ccc4c(c3)CCO4)cnc2n1CC(C)C. The molecule has 5 rings (SSSR count). The fourth-order valence-electron chi connectivity index (χ4n) is 4.54. The molecular formula is C28H29N5O4. The molecule has 0 saturated heterocycles. The number of ether oxygens (including phenoxy) is 2. The van der Waals surface area contributed by atoms with Crippen LogP contribution in [0.4, 0.5) is 11.4 Å². The van der Waals surface area contributed by atoms with Gasteiger partial charge in [0.1, 0.15) is 11.4 Å². The second-order valence-corrected chi connectivity index (χ2v) is 9.40. The lowest BCUT2D eigenvalue weighted by Gasteiger charge is -2.12. The highest BCUT2D eigenvalue weighted by atomic mass is 16.5. The Morgan fingerprint density at radius 2 is 2.05 bits per heavy atom. The number of carbonyl (C=O) groups is 2. The van der Waals surface area contributed by atoms with Crippen molar-refractivity contribution in [1.29, 1.82) is 0 Å². The molecule has 0 saturated carbocycles. The Morgan fingerprint density at radius 1 is 1.19 bits per heavy atom. The average Bonchev–Trinajstić information content (AvgIpc) is 3.49. The monoisotopic (exact) mass is 499 g/mol. The molecule has 1 aliphatic rings. The highest BCUT2D eigenvalue weighted by molar-refractivity contribution is 6.14. The van der Waals surface area contributed by atoms with Gasteiger partial charge in [-0.05, 0) is 41.3 Å². The zero-order valence-electron chi connectivity index (χ0n) is 21.1. The maximum atomic E-state index is 13.1. The van der Waals surface area contributed by atoms with Gasteiger partial charge in [0.2, 0.25) is 0 Å². The Balaban J connectivity index is 1.53. The van der Waals surface area contributed by atoms with Crippen LogP contribution in [0.2, 0.25) is 0 Å². The zero-order valence-corrected chi connectivity index (χ0v) is 21.1. The minimum Gasteiger partial charge on any atom is -0.493 e.